The number of amides is 1. The normalized spacial score (nSPS) is 27.8. The van der Waals surface area contributed by atoms with Crippen molar-refractivity contribution in [3.05, 3.63) is 23.5 Å². The maximum atomic E-state index is 12.9. The smallest absolute Gasteiger partial charge is 0.225 e. The summed E-state index contributed by atoms with van der Waals surface area (Å²) in [5.41, 5.74) is 0. The van der Waals surface area contributed by atoms with Crippen LogP contribution in [-0.2, 0) is 4.79 Å². The van der Waals surface area contributed by atoms with Gasteiger partial charge in [-0.15, -0.1) is 0 Å². The molecule has 3 aliphatic rings. The van der Waals surface area contributed by atoms with Crippen molar-refractivity contribution in [2.45, 2.75) is 57.1 Å². The number of ether oxygens (including phenoxy) is 1. The van der Waals surface area contributed by atoms with E-state index in [1.54, 1.807) is 12.3 Å². The van der Waals surface area contributed by atoms with Gasteiger partial charge in [0.2, 0.25) is 5.91 Å². The topological polar surface area (TPSA) is 45.7 Å². The van der Waals surface area contributed by atoms with Crippen molar-refractivity contribution >= 4 is 17.5 Å². The highest BCUT2D eigenvalue weighted by atomic mass is 35.5. The molecule has 2 heterocycles. The number of halogens is 1. The summed E-state index contributed by atoms with van der Waals surface area (Å²) in [6, 6.07) is 4.39. The summed E-state index contributed by atoms with van der Waals surface area (Å²) < 4.78 is 5.99. The standard InChI is InChI=1S/C20H28ClN3O2/c21-19-9-8-18(14-22-19)26-17-6-4-15(5-7-17)20(25)24-12-10-23(11-13-24)16-2-1-3-16/h8-9,14-17H,1-7,10-13H2. The first-order valence-corrected chi connectivity index (χ1v) is 10.4. The second kappa shape index (κ2) is 8.13. The maximum Gasteiger partial charge on any atom is 0.225 e. The van der Waals surface area contributed by atoms with Crippen LogP contribution >= 0.6 is 11.6 Å². The molecule has 2 aliphatic carbocycles. The Morgan fingerprint density at radius 1 is 1.04 bits per heavy atom. The first-order valence-electron chi connectivity index (χ1n) is 10.00. The number of carbonyl (C=O) groups is 1. The number of hydrogen-bond acceptors (Lipinski definition) is 4. The number of hydrogen-bond donors (Lipinski definition) is 0. The second-order valence-electron chi connectivity index (χ2n) is 7.85. The van der Waals surface area contributed by atoms with Gasteiger partial charge in [-0.1, -0.05) is 18.0 Å². The van der Waals surface area contributed by atoms with Gasteiger partial charge in [0.25, 0.3) is 0 Å². The lowest BCUT2D eigenvalue weighted by Gasteiger charge is -2.43. The predicted octanol–water partition coefficient (Wildman–Crippen LogP) is 3.37. The van der Waals surface area contributed by atoms with Gasteiger partial charge in [0.1, 0.15) is 10.9 Å². The molecule has 142 valence electrons. The third kappa shape index (κ3) is 4.15. The minimum atomic E-state index is 0.174. The van der Waals surface area contributed by atoms with Crippen LogP contribution in [0.25, 0.3) is 0 Å². The highest BCUT2D eigenvalue weighted by Crippen LogP contribution is 2.30. The van der Waals surface area contributed by atoms with Crippen LogP contribution in [0, 0.1) is 5.92 Å². The second-order valence-corrected chi connectivity index (χ2v) is 8.24. The van der Waals surface area contributed by atoms with Gasteiger partial charge in [-0.25, -0.2) is 4.98 Å². The Hall–Kier alpha value is -1.33. The van der Waals surface area contributed by atoms with E-state index in [4.69, 9.17) is 16.3 Å². The predicted molar refractivity (Wildman–Crippen MR) is 101 cm³/mol. The highest BCUT2D eigenvalue weighted by Gasteiger charge is 2.33. The van der Waals surface area contributed by atoms with Crippen LogP contribution < -0.4 is 4.74 Å². The summed E-state index contributed by atoms with van der Waals surface area (Å²) in [5.74, 6) is 1.30. The third-order valence-corrected chi connectivity index (χ3v) is 6.47. The summed E-state index contributed by atoms with van der Waals surface area (Å²) in [5, 5.41) is 0.476. The Bertz CT molecular complexity index is 604. The lowest BCUT2D eigenvalue weighted by molar-refractivity contribution is -0.139. The Morgan fingerprint density at radius 2 is 1.77 bits per heavy atom. The van der Waals surface area contributed by atoms with E-state index >= 15 is 0 Å². The molecule has 0 unspecified atom stereocenters. The largest absolute Gasteiger partial charge is 0.489 e. The van der Waals surface area contributed by atoms with Crippen LogP contribution in [-0.4, -0.2) is 59.0 Å². The van der Waals surface area contributed by atoms with Crippen LogP contribution in [0.2, 0.25) is 5.15 Å². The van der Waals surface area contributed by atoms with Gasteiger partial charge in [0.15, 0.2) is 0 Å². The van der Waals surface area contributed by atoms with E-state index in [9.17, 15) is 4.79 Å². The van der Waals surface area contributed by atoms with Crippen LogP contribution in [0.3, 0.4) is 0 Å². The maximum absolute atomic E-state index is 12.9. The lowest BCUT2D eigenvalue weighted by atomic mass is 9.86. The van der Waals surface area contributed by atoms with E-state index in [1.165, 1.54) is 19.3 Å². The molecule has 1 saturated heterocycles. The molecule has 1 aromatic rings. The van der Waals surface area contributed by atoms with Crippen LogP contribution in [0.15, 0.2) is 18.3 Å². The number of pyridine rings is 1. The zero-order valence-corrected chi connectivity index (χ0v) is 16.0. The summed E-state index contributed by atoms with van der Waals surface area (Å²) in [7, 11) is 0. The summed E-state index contributed by atoms with van der Waals surface area (Å²) in [6.45, 7) is 3.92. The minimum absolute atomic E-state index is 0.174. The molecule has 0 N–H and O–H groups in total. The average Bonchev–Trinajstić information content (AvgIpc) is 2.63. The lowest BCUT2D eigenvalue weighted by Crippen LogP contribution is -2.54. The molecule has 0 radical (unpaired) electrons. The molecule has 5 nitrogen and oxygen atoms in total. The van der Waals surface area contributed by atoms with E-state index in [2.05, 4.69) is 14.8 Å². The molecule has 1 aromatic heterocycles. The summed E-state index contributed by atoms with van der Waals surface area (Å²) in [6.07, 6.45) is 9.63. The molecule has 2 saturated carbocycles. The van der Waals surface area contributed by atoms with Crippen LogP contribution in [0.5, 0.6) is 5.75 Å². The molecule has 26 heavy (non-hydrogen) atoms. The molecule has 0 bridgehead atoms. The van der Waals surface area contributed by atoms with Crippen molar-refractivity contribution in [1.82, 2.24) is 14.8 Å². The fourth-order valence-electron chi connectivity index (χ4n) is 4.37. The molecule has 0 aromatic carbocycles. The molecule has 4 rings (SSSR count). The monoisotopic (exact) mass is 377 g/mol. The van der Waals surface area contributed by atoms with Gasteiger partial charge < -0.3 is 9.64 Å². The number of rotatable bonds is 4. The van der Waals surface area contributed by atoms with Gasteiger partial charge in [-0.3, -0.25) is 9.69 Å². The van der Waals surface area contributed by atoms with Crippen molar-refractivity contribution in [3.8, 4) is 5.75 Å². The van der Waals surface area contributed by atoms with Crippen molar-refractivity contribution in [3.63, 3.8) is 0 Å². The summed E-state index contributed by atoms with van der Waals surface area (Å²) >= 11 is 5.81. The van der Waals surface area contributed by atoms with E-state index in [-0.39, 0.29) is 12.0 Å². The number of piperazine rings is 1. The van der Waals surface area contributed by atoms with Crippen molar-refractivity contribution < 1.29 is 9.53 Å². The fourth-order valence-corrected chi connectivity index (χ4v) is 4.48. The first-order chi connectivity index (χ1) is 12.7. The first kappa shape index (κ1) is 18.1. The summed E-state index contributed by atoms with van der Waals surface area (Å²) in [4.78, 5) is 21.6. The van der Waals surface area contributed by atoms with E-state index < -0.39 is 0 Å². The van der Waals surface area contributed by atoms with Crippen LogP contribution in [0.1, 0.15) is 44.9 Å². The Balaban J connectivity index is 1.21. The van der Waals surface area contributed by atoms with E-state index in [1.807, 2.05) is 6.07 Å². The van der Waals surface area contributed by atoms with Gasteiger partial charge in [0.05, 0.1) is 12.3 Å². The zero-order chi connectivity index (χ0) is 17.9. The number of nitrogens with zero attached hydrogens (tertiary/aromatic N) is 3. The van der Waals surface area contributed by atoms with Crippen molar-refractivity contribution in [2.75, 3.05) is 26.2 Å². The van der Waals surface area contributed by atoms with Gasteiger partial charge in [-0.2, -0.15) is 0 Å². The van der Waals surface area contributed by atoms with E-state index in [0.717, 1.165) is 63.7 Å². The zero-order valence-electron chi connectivity index (χ0n) is 15.3. The van der Waals surface area contributed by atoms with Gasteiger partial charge in [0, 0.05) is 38.1 Å². The number of aromatic nitrogens is 1. The molecule has 1 aliphatic heterocycles. The molecule has 0 atom stereocenters. The Morgan fingerprint density at radius 3 is 2.35 bits per heavy atom. The average molecular weight is 378 g/mol. The Kier molecular flexibility index (Phi) is 5.65. The quantitative estimate of drug-likeness (QED) is 0.755. The Labute approximate surface area is 160 Å². The molecule has 3 fully saturated rings. The van der Waals surface area contributed by atoms with Crippen molar-refractivity contribution in [1.29, 1.82) is 0 Å². The molecule has 6 heteroatoms. The fraction of sp³-hybridized carbons (Fsp3) is 0.700. The molecule has 1 amide bonds. The highest BCUT2D eigenvalue weighted by molar-refractivity contribution is 6.29. The molecular formula is C20H28ClN3O2. The van der Waals surface area contributed by atoms with E-state index in [0.29, 0.717) is 11.1 Å². The molecule has 0 spiro atoms. The molecular weight excluding hydrogens is 350 g/mol. The van der Waals surface area contributed by atoms with Gasteiger partial charge >= 0.3 is 0 Å². The SMILES string of the molecule is O=C(C1CCC(Oc2ccc(Cl)nc2)CC1)N1CCN(C2CCC2)CC1. The van der Waals surface area contributed by atoms with Crippen molar-refractivity contribution in [2.24, 2.45) is 5.92 Å². The minimum Gasteiger partial charge on any atom is -0.489 e. The van der Waals surface area contributed by atoms with Gasteiger partial charge in [-0.05, 0) is 50.7 Å². The third-order valence-electron chi connectivity index (χ3n) is 6.24. The van der Waals surface area contributed by atoms with Crippen LogP contribution in [0.4, 0.5) is 0 Å². The number of carbonyl (C=O) groups excluding carboxylic acids is 1.